The number of rotatable bonds is 3. The van der Waals surface area contributed by atoms with Gasteiger partial charge in [-0.25, -0.2) is 4.98 Å². The number of hydrogen-bond donors (Lipinski definition) is 1. The molecule has 1 fully saturated rings. The van der Waals surface area contributed by atoms with E-state index in [4.69, 9.17) is 0 Å². The average molecular weight is 255 g/mol. The van der Waals surface area contributed by atoms with E-state index in [-0.39, 0.29) is 12.0 Å². The van der Waals surface area contributed by atoms with Gasteiger partial charge in [0.1, 0.15) is 5.69 Å². The summed E-state index contributed by atoms with van der Waals surface area (Å²) in [5.41, 5.74) is 2.22. The first-order valence-corrected chi connectivity index (χ1v) is 6.69. The van der Waals surface area contributed by atoms with Crippen LogP contribution in [0.5, 0.6) is 0 Å². The summed E-state index contributed by atoms with van der Waals surface area (Å²) in [6, 6.07) is 0. The normalized spacial score (nSPS) is 19.3. The van der Waals surface area contributed by atoms with Crippen LogP contribution in [0.25, 0.3) is 0 Å². The number of piperazine rings is 1. The minimum atomic E-state index is -0.309. The van der Waals surface area contributed by atoms with E-state index in [0.717, 1.165) is 13.1 Å². The van der Waals surface area contributed by atoms with Crippen molar-refractivity contribution in [2.45, 2.75) is 13.0 Å². The molecule has 1 atom stereocenters. The van der Waals surface area contributed by atoms with Gasteiger partial charge in [0.05, 0.1) is 11.6 Å². The molecule has 1 aromatic rings. The Morgan fingerprint density at radius 2 is 2.24 bits per heavy atom. The molecule has 1 aliphatic rings. The van der Waals surface area contributed by atoms with Crippen LogP contribution in [0.2, 0.25) is 0 Å². The maximum atomic E-state index is 12.0. The van der Waals surface area contributed by atoms with Crippen molar-refractivity contribution in [1.82, 2.24) is 14.8 Å². The van der Waals surface area contributed by atoms with Crippen molar-refractivity contribution in [3.63, 3.8) is 0 Å². The number of carbonyl (C=O) groups excluding carboxylic acids is 1. The predicted molar refractivity (Wildman–Crippen MR) is 66.1 cm³/mol. The molecule has 94 valence electrons. The Morgan fingerprint density at radius 3 is 2.76 bits per heavy atom. The first-order chi connectivity index (χ1) is 8.16. The fourth-order valence-corrected chi connectivity index (χ4v) is 2.51. The van der Waals surface area contributed by atoms with Gasteiger partial charge in [0.2, 0.25) is 0 Å². The topological polar surface area (TPSA) is 56.7 Å². The SMILES string of the molecule is C[C@H](O)CN1CCN(C(=O)c2cscn2)CC1. The zero-order valence-corrected chi connectivity index (χ0v) is 10.7. The quantitative estimate of drug-likeness (QED) is 0.843. The van der Waals surface area contributed by atoms with E-state index in [1.165, 1.54) is 11.3 Å². The van der Waals surface area contributed by atoms with Gasteiger partial charge in [-0.1, -0.05) is 0 Å². The summed E-state index contributed by atoms with van der Waals surface area (Å²) >= 11 is 1.44. The Bertz CT molecular complexity index is 359. The van der Waals surface area contributed by atoms with E-state index in [1.807, 2.05) is 4.90 Å². The molecule has 5 nitrogen and oxygen atoms in total. The van der Waals surface area contributed by atoms with Gasteiger partial charge in [-0.2, -0.15) is 0 Å². The first kappa shape index (κ1) is 12.5. The minimum Gasteiger partial charge on any atom is -0.392 e. The second-order valence-electron chi connectivity index (χ2n) is 4.32. The van der Waals surface area contributed by atoms with Crippen LogP contribution >= 0.6 is 11.3 Å². The molecule has 2 rings (SSSR count). The molecule has 0 bridgehead atoms. The fraction of sp³-hybridized carbons (Fsp3) is 0.636. The molecule has 17 heavy (non-hydrogen) atoms. The molecule has 0 radical (unpaired) electrons. The third-order valence-corrected chi connectivity index (χ3v) is 3.42. The van der Waals surface area contributed by atoms with Crippen LogP contribution in [0.15, 0.2) is 10.9 Å². The third kappa shape index (κ3) is 3.24. The van der Waals surface area contributed by atoms with Crippen LogP contribution in [-0.2, 0) is 0 Å². The second kappa shape index (κ2) is 5.57. The van der Waals surface area contributed by atoms with Crippen LogP contribution in [0, 0.1) is 0 Å². The molecule has 0 aliphatic carbocycles. The van der Waals surface area contributed by atoms with E-state index < -0.39 is 0 Å². The molecule has 2 heterocycles. The number of aliphatic hydroxyl groups is 1. The number of aromatic nitrogens is 1. The molecular formula is C11H17N3O2S. The smallest absolute Gasteiger partial charge is 0.273 e. The first-order valence-electron chi connectivity index (χ1n) is 5.74. The zero-order valence-electron chi connectivity index (χ0n) is 9.87. The van der Waals surface area contributed by atoms with Crippen molar-refractivity contribution in [3.8, 4) is 0 Å². The van der Waals surface area contributed by atoms with E-state index in [2.05, 4.69) is 9.88 Å². The summed E-state index contributed by atoms with van der Waals surface area (Å²) < 4.78 is 0. The Hall–Kier alpha value is -0.980. The minimum absolute atomic E-state index is 0.0166. The summed E-state index contributed by atoms with van der Waals surface area (Å²) in [6.07, 6.45) is -0.309. The van der Waals surface area contributed by atoms with Gasteiger partial charge in [0.15, 0.2) is 0 Å². The van der Waals surface area contributed by atoms with Crippen molar-refractivity contribution in [2.75, 3.05) is 32.7 Å². The molecular weight excluding hydrogens is 238 g/mol. The number of aliphatic hydroxyl groups excluding tert-OH is 1. The van der Waals surface area contributed by atoms with E-state index >= 15 is 0 Å². The number of thiazole rings is 1. The monoisotopic (exact) mass is 255 g/mol. The highest BCUT2D eigenvalue weighted by atomic mass is 32.1. The molecule has 1 aromatic heterocycles. The lowest BCUT2D eigenvalue weighted by atomic mass is 10.2. The number of carbonyl (C=O) groups is 1. The Balaban J connectivity index is 1.85. The summed E-state index contributed by atoms with van der Waals surface area (Å²) in [5.74, 6) is 0.0166. The predicted octanol–water partition coefficient (Wildman–Crippen LogP) is 0.282. The molecule has 1 aliphatic heterocycles. The lowest BCUT2D eigenvalue weighted by Crippen LogP contribution is -2.50. The molecule has 0 unspecified atom stereocenters. The lowest BCUT2D eigenvalue weighted by molar-refractivity contribution is 0.0550. The van der Waals surface area contributed by atoms with Crippen LogP contribution in [0.1, 0.15) is 17.4 Å². The van der Waals surface area contributed by atoms with Gasteiger partial charge in [0, 0.05) is 38.1 Å². The van der Waals surface area contributed by atoms with Crippen molar-refractivity contribution in [2.24, 2.45) is 0 Å². The Morgan fingerprint density at radius 1 is 1.53 bits per heavy atom. The maximum Gasteiger partial charge on any atom is 0.273 e. The molecule has 6 heteroatoms. The average Bonchev–Trinajstić information content (AvgIpc) is 2.82. The van der Waals surface area contributed by atoms with Crippen LogP contribution < -0.4 is 0 Å². The standard InChI is InChI=1S/C11H17N3O2S/c1-9(15)6-13-2-4-14(5-3-13)11(16)10-7-17-8-12-10/h7-9,15H,2-6H2,1H3/t9-/m0/s1. The highest BCUT2D eigenvalue weighted by Gasteiger charge is 2.23. The van der Waals surface area contributed by atoms with Crippen LogP contribution in [-0.4, -0.2) is 64.6 Å². The van der Waals surface area contributed by atoms with Gasteiger partial charge in [0.25, 0.3) is 5.91 Å². The number of hydrogen-bond acceptors (Lipinski definition) is 5. The van der Waals surface area contributed by atoms with Crippen LogP contribution in [0.3, 0.4) is 0 Å². The molecule has 0 aromatic carbocycles. The maximum absolute atomic E-state index is 12.0. The van der Waals surface area contributed by atoms with Crippen molar-refractivity contribution < 1.29 is 9.90 Å². The summed E-state index contributed by atoms with van der Waals surface area (Å²) in [5, 5.41) is 11.1. The van der Waals surface area contributed by atoms with Crippen molar-refractivity contribution >= 4 is 17.2 Å². The highest BCUT2D eigenvalue weighted by Crippen LogP contribution is 2.09. The Labute approximate surface area is 105 Å². The summed E-state index contributed by atoms with van der Waals surface area (Å²) in [7, 11) is 0. The zero-order chi connectivity index (χ0) is 12.3. The van der Waals surface area contributed by atoms with Gasteiger partial charge in [-0.05, 0) is 6.92 Å². The van der Waals surface area contributed by atoms with Gasteiger partial charge >= 0.3 is 0 Å². The Kier molecular flexibility index (Phi) is 4.09. The number of nitrogens with zero attached hydrogens (tertiary/aromatic N) is 3. The molecule has 0 saturated carbocycles. The highest BCUT2D eigenvalue weighted by molar-refractivity contribution is 7.07. The molecule has 1 amide bonds. The second-order valence-corrected chi connectivity index (χ2v) is 5.03. The molecule has 1 saturated heterocycles. The summed E-state index contributed by atoms with van der Waals surface area (Å²) in [4.78, 5) is 20.0. The summed E-state index contributed by atoms with van der Waals surface area (Å²) in [6.45, 7) is 5.53. The third-order valence-electron chi connectivity index (χ3n) is 2.83. The van der Waals surface area contributed by atoms with Crippen molar-refractivity contribution in [1.29, 1.82) is 0 Å². The van der Waals surface area contributed by atoms with Crippen LogP contribution in [0.4, 0.5) is 0 Å². The van der Waals surface area contributed by atoms with E-state index in [9.17, 15) is 9.90 Å². The van der Waals surface area contributed by atoms with Gasteiger partial charge in [-0.15, -0.1) is 11.3 Å². The number of β-amino-alcohol motifs (C(OH)–C–C–N with tert-alkyl or cyclic N) is 1. The van der Waals surface area contributed by atoms with Crippen molar-refractivity contribution in [3.05, 3.63) is 16.6 Å². The fourth-order valence-electron chi connectivity index (χ4n) is 1.99. The van der Waals surface area contributed by atoms with Gasteiger partial charge < -0.3 is 10.0 Å². The molecule has 0 spiro atoms. The number of amides is 1. The van der Waals surface area contributed by atoms with E-state index in [0.29, 0.717) is 25.3 Å². The van der Waals surface area contributed by atoms with E-state index in [1.54, 1.807) is 17.8 Å². The molecule has 1 N–H and O–H groups in total. The lowest BCUT2D eigenvalue weighted by Gasteiger charge is -2.34. The largest absolute Gasteiger partial charge is 0.392 e. The van der Waals surface area contributed by atoms with Gasteiger partial charge in [-0.3, -0.25) is 9.69 Å².